The van der Waals surface area contributed by atoms with Crippen LogP contribution in [-0.4, -0.2) is 25.6 Å². The molecule has 0 radical (unpaired) electrons. The SMILES string of the molecule is C[C@H](NC(=O)Cn1cnc([N+](=O)[O-])n1)c1ccc(-c2ccccc2)cc1. The Hall–Kier alpha value is -3.55. The molecule has 8 heteroatoms. The molecule has 0 unspecified atom stereocenters. The predicted molar refractivity (Wildman–Crippen MR) is 95.1 cm³/mol. The summed E-state index contributed by atoms with van der Waals surface area (Å²) in [4.78, 5) is 25.5. The predicted octanol–water partition coefficient (Wildman–Crippen LogP) is 2.73. The summed E-state index contributed by atoms with van der Waals surface area (Å²) in [5.41, 5.74) is 3.19. The van der Waals surface area contributed by atoms with Crippen molar-refractivity contribution >= 4 is 11.9 Å². The first-order valence-electron chi connectivity index (χ1n) is 8.01. The molecule has 1 N–H and O–H groups in total. The fourth-order valence-electron chi connectivity index (χ4n) is 2.56. The minimum absolute atomic E-state index is 0.132. The molecule has 1 heterocycles. The van der Waals surface area contributed by atoms with Crippen molar-refractivity contribution in [1.82, 2.24) is 20.1 Å². The number of hydrogen-bond acceptors (Lipinski definition) is 5. The van der Waals surface area contributed by atoms with E-state index < -0.39 is 10.9 Å². The van der Waals surface area contributed by atoms with Gasteiger partial charge in [-0.25, -0.2) is 0 Å². The van der Waals surface area contributed by atoms with E-state index in [4.69, 9.17) is 0 Å². The van der Waals surface area contributed by atoms with E-state index in [-0.39, 0.29) is 18.5 Å². The zero-order valence-electron chi connectivity index (χ0n) is 14.1. The summed E-state index contributed by atoms with van der Waals surface area (Å²) in [5.74, 6) is -0.827. The zero-order chi connectivity index (χ0) is 18.5. The van der Waals surface area contributed by atoms with Gasteiger partial charge in [-0.05, 0) is 28.5 Å². The van der Waals surface area contributed by atoms with Crippen LogP contribution in [0.25, 0.3) is 11.1 Å². The third kappa shape index (κ3) is 4.10. The van der Waals surface area contributed by atoms with E-state index in [9.17, 15) is 14.9 Å². The summed E-state index contributed by atoms with van der Waals surface area (Å²) < 4.78 is 1.14. The third-order valence-electron chi connectivity index (χ3n) is 3.89. The van der Waals surface area contributed by atoms with Gasteiger partial charge in [0, 0.05) is 5.10 Å². The van der Waals surface area contributed by atoms with Gasteiger partial charge in [0.1, 0.15) is 6.54 Å². The van der Waals surface area contributed by atoms with Crippen LogP contribution in [0.1, 0.15) is 18.5 Å². The zero-order valence-corrected chi connectivity index (χ0v) is 14.1. The quantitative estimate of drug-likeness (QED) is 0.543. The minimum Gasteiger partial charge on any atom is -0.390 e. The molecule has 0 aliphatic carbocycles. The average Bonchev–Trinajstić information content (AvgIpc) is 3.11. The van der Waals surface area contributed by atoms with E-state index in [1.165, 1.54) is 0 Å². The van der Waals surface area contributed by atoms with Gasteiger partial charge in [0.05, 0.1) is 6.04 Å². The van der Waals surface area contributed by atoms with Gasteiger partial charge >= 0.3 is 5.95 Å². The Kier molecular flexibility index (Phi) is 5.02. The first-order chi connectivity index (χ1) is 12.5. The second kappa shape index (κ2) is 7.56. The lowest BCUT2D eigenvalue weighted by Crippen LogP contribution is -2.30. The number of rotatable bonds is 6. The van der Waals surface area contributed by atoms with Crippen LogP contribution in [0.2, 0.25) is 0 Å². The minimum atomic E-state index is -0.703. The molecule has 0 saturated heterocycles. The molecule has 1 atom stereocenters. The van der Waals surface area contributed by atoms with Crippen LogP contribution in [0.4, 0.5) is 5.95 Å². The fourth-order valence-corrected chi connectivity index (χ4v) is 2.56. The van der Waals surface area contributed by atoms with Gasteiger partial charge in [0.2, 0.25) is 12.2 Å². The van der Waals surface area contributed by atoms with Crippen molar-refractivity contribution in [2.24, 2.45) is 0 Å². The van der Waals surface area contributed by atoms with E-state index in [0.29, 0.717) is 0 Å². The van der Waals surface area contributed by atoms with Gasteiger partial charge in [-0.1, -0.05) is 59.6 Å². The molecular formula is C18H17N5O3. The molecule has 0 spiro atoms. The largest absolute Gasteiger partial charge is 0.490 e. The number of nitro groups is 1. The van der Waals surface area contributed by atoms with Crippen molar-refractivity contribution in [3.05, 3.63) is 76.6 Å². The van der Waals surface area contributed by atoms with Gasteiger partial charge in [0.15, 0.2) is 0 Å². The Labute approximate surface area is 149 Å². The Morgan fingerprint density at radius 3 is 2.42 bits per heavy atom. The van der Waals surface area contributed by atoms with Gasteiger partial charge in [-0.3, -0.25) is 4.79 Å². The number of nitrogens with one attached hydrogen (secondary N) is 1. The number of nitrogens with zero attached hydrogens (tertiary/aromatic N) is 4. The van der Waals surface area contributed by atoms with Crippen LogP contribution in [0, 0.1) is 10.1 Å². The number of carbonyl (C=O) groups excluding carboxylic acids is 1. The van der Waals surface area contributed by atoms with Crippen molar-refractivity contribution in [2.75, 3.05) is 0 Å². The highest BCUT2D eigenvalue weighted by Gasteiger charge is 2.16. The molecule has 1 amide bonds. The lowest BCUT2D eigenvalue weighted by atomic mass is 10.0. The molecule has 0 saturated carbocycles. The maximum absolute atomic E-state index is 12.1. The summed E-state index contributed by atoms with van der Waals surface area (Å²) in [7, 11) is 0. The number of carbonyl (C=O) groups is 1. The van der Waals surface area contributed by atoms with Gasteiger partial charge in [0.25, 0.3) is 0 Å². The molecule has 1 aromatic heterocycles. The van der Waals surface area contributed by atoms with E-state index in [2.05, 4.69) is 15.4 Å². The van der Waals surface area contributed by atoms with Crippen LogP contribution >= 0.6 is 0 Å². The molecule has 3 rings (SSSR count). The van der Waals surface area contributed by atoms with Crippen molar-refractivity contribution in [3.8, 4) is 11.1 Å². The van der Waals surface area contributed by atoms with Crippen molar-refractivity contribution in [3.63, 3.8) is 0 Å². The molecule has 8 nitrogen and oxygen atoms in total. The molecule has 26 heavy (non-hydrogen) atoms. The molecule has 0 aliphatic rings. The molecule has 3 aromatic rings. The molecule has 0 bridgehead atoms. The summed E-state index contributed by atoms with van der Waals surface area (Å²) in [6, 6.07) is 17.8. The number of aromatic nitrogens is 3. The lowest BCUT2D eigenvalue weighted by Gasteiger charge is -2.14. The van der Waals surface area contributed by atoms with Crippen molar-refractivity contribution < 1.29 is 9.72 Å². The van der Waals surface area contributed by atoms with Crippen LogP contribution in [0.5, 0.6) is 0 Å². The standard InChI is InChI=1S/C18H17N5O3/c1-13(20-17(24)11-22-12-19-18(21-22)23(25)26)14-7-9-16(10-8-14)15-5-3-2-4-6-15/h2-10,12-13H,11H2,1H3,(H,20,24)/t13-/m0/s1. The number of hydrogen-bond donors (Lipinski definition) is 1. The Morgan fingerprint density at radius 2 is 1.81 bits per heavy atom. The first kappa shape index (κ1) is 17.3. The van der Waals surface area contributed by atoms with Crippen LogP contribution in [0.15, 0.2) is 60.9 Å². The molecule has 132 valence electrons. The van der Waals surface area contributed by atoms with Crippen molar-refractivity contribution in [1.29, 1.82) is 0 Å². The van der Waals surface area contributed by atoms with E-state index >= 15 is 0 Å². The van der Waals surface area contributed by atoms with Crippen LogP contribution in [0.3, 0.4) is 0 Å². The van der Waals surface area contributed by atoms with Gasteiger partial charge in [-0.15, -0.1) is 0 Å². The smallest absolute Gasteiger partial charge is 0.390 e. The maximum atomic E-state index is 12.1. The molecule has 0 fully saturated rings. The van der Waals surface area contributed by atoms with E-state index in [1.54, 1.807) is 0 Å². The van der Waals surface area contributed by atoms with Crippen LogP contribution in [-0.2, 0) is 11.3 Å². The Balaban J connectivity index is 1.61. The number of benzene rings is 2. The average molecular weight is 351 g/mol. The third-order valence-corrected chi connectivity index (χ3v) is 3.89. The van der Waals surface area contributed by atoms with E-state index in [0.717, 1.165) is 27.7 Å². The molecule has 2 aromatic carbocycles. The second-order valence-corrected chi connectivity index (χ2v) is 5.78. The van der Waals surface area contributed by atoms with E-state index in [1.807, 2.05) is 61.5 Å². The topological polar surface area (TPSA) is 103 Å². The summed E-state index contributed by atoms with van der Waals surface area (Å²) in [6.45, 7) is 1.74. The van der Waals surface area contributed by atoms with Crippen LogP contribution < -0.4 is 5.32 Å². The fraction of sp³-hybridized carbons (Fsp3) is 0.167. The van der Waals surface area contributed by atoms with Gasteiger partial charge in [-0.2, -0.15) is 4.68 Å². The monoisotopic (exact) mass is 351 g/mol. The normalized spacial score (nSPS) is 11.7. The number of amides is 1. The highest BCUT2D eigenvalue weighted by molar-refractivity contribution is 5.76. The first-order valence-corrected chi connectivity index (χ1v) is 8.01. The summed E-state index contributed by atoms with van der Waals surface area (Å²) in [6.07, 6.45) is 1.16. The summed E-state index contributed by atoms with van der Waals surface area (Å²) in [5, 5.41) is 17.0. The Bertz CT molecular complexity index is 906. The summed E-state index contributed by atoms with van der Waals surface area (Å²) >= 11 is 0. The molecular weight excluding hydrogens is 334 g/mol. The lowest BCUT2D eigenvalue weighted by molar-refractivity contribution is -0.394. The molecule has 0 aliphatic heterocycles. The maximum Gasteiger partial charge on any atom is 0.490 e. The highest BCUT2D eigenvalue weighted by Crippen LogP contribution is 2.21. The Morgan fingerprint density at radius 1 is 1.15 bits per heavy atom. The van der Waals surface area contributed by atoms with Gasteiger partial charge < -0.3 is 15.4 Å². The second-order valence-electron chi connectivity index (χ2n) is 5.78. The van der Waals surface area contributed by atoms with Crippen molar-refractivity contribution in [2.45, 2.75) is 19.5 Å². The highest BCUT2D eigenvalue weighted by atomic mass is 16.6.